The number of fused-ring (bicyclic) bond motifs is 1. The summed E-state index contributed by atoms with van der Waals surface area (Å²) in [6.07, 6.45) is 6.70. The van der Waals surface area contributed by atoms with Crippen molar-refractivity contribution in [1.82, 2.24) is 9.55 Å². The largest absolute Gasteiger partial charge is 0.478 e. The van der Waals surface area contributed by atoms with Crippen LogP contribution < -0.4 is 0 Å². The zero-order valence-corrected chi connectivity index (χ0v) is 15.4. The highest BCUT2D eigenvalue weighted by atomic mass is 16.4. The first-order chi connectivity index (χ1) is 13.7. The molecule has 0 aliphatic heterocycles. The summed E-state index contributed by atoms with van der Waals surface area (Å²) in [6, 6.07) is 20.4. The highest BCUT2D eigenvalue weighted by Gasteiger charge is 2.25. The van der Waals surface area contributed by atoms with Gasteiger partial charge in [0, 0.05) is 29.9 Å². The molecular weight excluding hydrogens is 348 g/mol. The molecule has 0 bridgehead atoms. The van der Waals surface area contributed by atoms with E-state index in [4.69, 9.17) is 0 Å². The highest BCUT2D eigenvalue weighted by molar-refractivity contribution is 5.89. The number of carbonyl (C=O) groups is 1. The molecule has 4 aromatic rings. The molecule has 0 saturated heterocycles. The van der Waals surface area contributed by atoms with Crippen LogP contribution in [0, 0.1) is 0 Å². The minimum Gasteiger partial charge on any atom is -0.478 e. The molecule has 2 heterocycles. The first-order valence-electron chi connectivity index (χ1n) is 9.56. The molecule has 1 aliphatic rings. The molecule has 1 fully saturated rings. The lowest BCUT2D eigenvalue weighted by Crippen LogP contribution is -2.07. The number of pyridine rings is 1. The molecule has 1 aliphatic carbocycles. The fourth-order valence-electron chi connectivity index (χ4n) is 3.78. The van der Waals surface area contributed by atoms with Crippen LogP contribution in [0.15, 0.2) is 73.1 Å². The average molecular weight is 368 g/mol. The van der Waals surface area contributed by atoms with Gasteiger partial charge in [-0.25, -0.2) is 4.79 Å². The number of aromatic nitrogens is 2. The summed E-state index contributed by atoms with van der Waals surface area (Å²) < 4.78 is 2.16. The van der Waals surface area contributed by atoms with Crippen LogP contribution >= 0.6 is 0 Å². The summed E-state index contributed by atoms with van der Waals surface area (Å²) >= 11 is 0. The van der Waals surface area contributed by atoms with Gasteiger partial charge in [-0.2, -0.15) is 0 Å². The number of carboxylic acids is 1. The van der Waals surface area contributed by atoms with Crippen molar-refractivity contribution in [1.29, 1.82) is 0 Å². The van der Waals surface area contributed by atoms with Crippen LogP contribution in [-0.4, -0.2) is 20.6 Å². The van der Waals surface area contributed by atoms with E-state index in [1.54, 1.807) is 0 Å². The van der Waals surface area contributed by atoms with E-state index in [1.807, 2.05) is 30.5 Å². The Kier molecular flexibility index (Phi) is 3.97. The Hall–Kier alpha value is -3.40. The summed E-state index contributed by atoms with van der Waals surface area (Å²) in [7, 11) is 0. The van der Waals surface area contributed by atoms with Crippen molar-refractivity contribution >= 4 is 16.9 Å². The van der Waals surface area contributed by atoms with Crippen LogP contribution in [0.25, 0.3) is 16.6 Å². The van der Waals surface area contributed by atoms with Gasteiger partial charge in [0.2, 0.25) is 0 Å². The Morgan fingerprint density at radius 3 is 2.64 bits per heavy atom. The second-order valence-corrected chi connectivity index (χ2v) is 7.43. The van der Waals surface area contributed by atoms with Gasteiger partial charge in [0.1, 0.15) is 0 Å². The summed E-state index contributed by atoms with van der Waals surface area (Å²) in [6.45, 7) is 0. The quantitative estimate of drug-likeness (QED) is 0.527. The van der Waals surface area contributed by atoms with Crippen LogP contribution in [0.1, 0.15) is 45.9 Å². The zero-order chi connectivity index (χ0) is 19.1. The van der Waals surface area contributed by atoms with Crippen LogP contribution in [-0.2, 0) is 6.42 Å². The molecule has 0 atom stereocenters. The third-order valence-electron chi connectivity index (χ3n) is 5.43. The molecule has 0 radical (unpaired) electrons. The smallest absolute Gasteiger partial charge is 0.337 e. The van der Waals surface area contributed by atoms with Crippen molar-refractivity contribution in [2.75, 3.05) is 0 Å². The van der Waals surface area contributed by atoms with Gasteiger partial charge in [0.25, 0.3) is 0 Å². The van der Waals surface area contributed by atoms with Crippen LogP contribution in [0.4, 0.5) is 0 Å². The topological polar surface area (TPSA) is 55.1 Å². The lowest BCUT2D eigenvalue weighted by Gasteiger charge is -2.09. The van der Waals surface area contributed by atoms with Crippen molar-refractivity contribution in [3.8, 4) is 5.69 Å². The normalized spacial score (nSPS) is 13.7. The third kappa shape index (κ3) is 3.07. The molecule has 1 saturated carbocycles. The molecule has 4 heteroatoms. The number of benzene rings is 2. The SMILES string of the molecule is O=C(O)c1cc(C2CC2)cnc1Cc1ccc2c(ccn2-c2ccccc2)c1. The lowest BCUT2D eigenvalue weighted by molar-refractivity contribution is 0.0695. The molecule has 5 rings (SSSR count). The van der Waals surface area contributed by atoms with E-state index < -0.39 is 5.97 Å². The van der Waals surface area contributed by atoms with Crippen LogP contribution in [0.5, 0.6) is 0 Å². The average Bonchev–Trinajstić information content (AvgIpc) is 3.48. The minimum absolute atomic E-state index is 0.325. The Labute approximate surface area is 163 Å². The van der Waals surface area contributed by atoms with Crippen LogP contribution in [0.3, 0.4) is 0 Å². The van der Waals surface area contributed by atoms with Crippen molar-refractivity contribution in [3.05, 3.63) is 95.4 Å². The molecule has 0 unspecified atom stereocenters. The molecule has 4 nitrogen and oxygen atoms in total. The monoisotopic (exact) mass is 368 g/mol. The molecule has 1 N–H and O–H groups in total. The second-order valence-electron chi connectivity index (χ2n) is 7.43. The minimum atomic E-state index is -0.902. The van der Waals surface area contributed by atoms with Gasteiger partial charge in [-0.05, 0) is 66.3 Å². The maximum atomic E-state index is 11.7. The van der Waals surface area contributed by atoms with Gasteiger partial charge in [-0.3, -0.25) is 4.98 Å². The third-order valence-corrected chi connectivity index (χ3v) is 5.43. The lowest BCUT2D eigenvalue weighted by atomic mass is 10.0. The summed E-state index contributed by atoms with van der Waals surface area (Å²) in [5, 5.41) is 10.8. The first kappa shape index (κ1) is 16.8. The van der Waals surface area contributed by atoms with Gasteiger partial charge in [-0.1, -0.05) is 24.3 Å². The number of hydrogen-bond acceptors (Lipinski definition) is 2. The number of carboxylic acid groups (broad SMARTS) is 1. The molecule has 2 aromatic heterocycles. The molecular formula is C24H20N2O2. The molecule has 0 amide bonds. The predicted molar refractivity (Wildman–Crippen MR) is 109 cm³/mol. The number of para-hydroxylation sites is 1. The van der Waals surface area contributed by atoms with Crippen molar-refractivity contribution in [2.24, 2.45) is 0 Å². The van der Waals surface area contributed by atoms with Crippen LogP contribution in [0.2, 0.25) is 0 Å². The van der Waals surface area contributed by atoms with Gasteiger partial charge in [-0.15, -0.1) is 0 Å². The van der Waals surface area contributed by atoms with E-state index >= 15 is 0 Å². The van der Waals surface area contributed by atoms with Gasteiger partial charge in [0.05, 0.1) is 16.8 Å². The summed E-state index contributed by atoms with van der Waals surface area (Å²) in [4.78, 5) is 16.2. The van der Waals surface area contributed by atoms with E-state index in [1.165, 1.54) is 0 Å². The van der Waals surface area contributed by atoms with E-state index in [-0.39, 0.29) is 0 Å². The Morgan fingerprint density at radius 2 is 1.89 bits per heavy atom. The molecule has 138 valence electrons. The number of aromatic carboxylic acids is 1. The van der Waals surface area contributed by atoms with Crippen molar-refractivity contribution in [2.45, 2.75) is 25.2 Å². The van der Waals surface area contributed by atoms with Gasteiger partial charge < -0.3 is 9.67 Å². The highest BCUT2D eigenvalue weighted by Crippen LogP contribution is 2.40. The molecule has 2 aromatic carbocycles. The van der Waals surface area contributed by atoms with E-state index in [2.05, 4.69) is 52.1 Å². The fourth-order valence-corrected chi connectivity index (χ4v) is 3.78. The second kappa shape index (κ2) is 6.64. The fraction of sp³-hybridized carbons (Fsp3) is 0.167. The first-order valence-corrected chi connectivity index (χ1v) is 9.56. The number of rotatable bonds is 5. The maximum absolute atomic E-state index is 11.7. The summed E-state index contributed by atoms with van der Waals surface area (Å²) in [5.74, 6) is -0.407. The Morgan fingerprint density at radius 1 is 1.07 bits per heavy atom. The Balaban J connectivity index is 1.48. The summed E-state index contributed by atoms with van der Waals surface area (Å²) in [5.41, 5.74) is 5.32. The maximum Gasteiger partial charge on any atom is 0.337 e. The Bertz CT molecular complexity index is 1170. The predicted octanol–water partition coefficient (Wildman–Crippen LogP) is 5.19. The zero-order valence-electron chi connectivity index (χ0n) is 15.4. The van der Waals surface area contributed by atoms with E-state index in [0.29, 0.717) is 23.6 Å². The van der Waals surface area contributed by atoms with Gasteiger partial charge in [0.15, 0.2) is 0 Å². The van der Waals surface area contributed by atoms with Crippen molar-refractivity contribution < 1.29 is 9.90 Å². The van der Waals surface area contributed by atoms with E-state index in [0.717, 1.165) is 40.6 Å². The number of nitrogens with zero attached hydrogens (tertiary/aromatic N) is 2. The number of hydrogen-bond donors (Lipinski definition) is 1. The molecule has 0 spiro atoms. The van der Waals surface area contributed by atoms with E-state index in [9.17, 15) is 9.90 Å². The van der Waals surface area contributed by atoms with Gasteiger partial charge >= 0.3 is 5.97 Å². The standard InChI is InChI=1S/C24H20N2O2/c27-24(28)21-14-19(17-7-8-17)15-25-22(21)13-16-6-9-23-18(12-16)10-11-26(23)20-4-2-1-3-5-20/h1-6,9-12,14-15,17H,7-8,13H2,(H,27,28). The van der Waals surface area contributed by atoms with Crippen molar-refractivity contribution in [3.63, 3.8) is 0 Å². The molecule has 28 heavy (non-hydrogen) atoms.